The number of ether oxygens (including phenoxy) is 2. The molecule has 0 aliphatic carbocycles. The molecule has 1 fully saturated rings. The lowest BCUT2D eigenvalue weighted by Gasteiger charge is -2.27. The van der Waals surface area contributed by atoms with Crippen LogP contribution in [0.15, 0.2) is 54.7 Å². The Morgan fingerprint density at radius 3 is 2.35 bits per heavy atom. The number of anilines is 3. The van der Waals surface area contributed by atoms with Crippen molar-refractivity contribution in [3.63, 3.8) is 0 Å². The van der Waals surface area contributed by atoms with Gasteiger partial charge in [-0.05, 0) is 30.3 Å². The number of fused-ring (bicyclic) bond motifs is 1. The zero-order valence-electron chi connectivity index (χ0n) is 19.1. The summed E-state index contributed by atoms with van der Waals surface area (Å²) in [7, 11) is 0. The number of halogens is 4. The lowest BCUT2D eigenvalue weighted by atomic mass is 10.2. The molecule has 2 N–H and O–H groups in total. The molecule has 1 saturated heterocycles. The molecule has 1 aliphatic heterocycles. The molecule has 2 heterocycles. The number of urea groups is 1. The van der Waals surface area contributed by atoms with Gasteiger partial charge in [0.1, 0.15) is 17.4 Å². The SMILES string of the molecule is O=C(Nc1ccc(Cl)c(F)c1)Nc1cc(F)c(Oc2ccc3ncc(N4CCOCC4)nc3c2)c(F)c1. The molecule has 0 spiro atoms. The average molecular weight is 530 g/mol. The maximum absolute atomic E-state index is 14.7. The predicted octanol–water partition coefficient (Wildman–Crippen LogP) is 5.97. The zero-order valence-corrected chi connectivity index (χ0v) is 19.9. The summed E-state index contributed by atoms with van der Waals surface area (Å²) in [5.74, 6) is -2.64. The number of amides is 2. The van der Waals surface area contributed by atoms with Gasteiger partial charge < -0.3 is 25.0 Å². The minimum absolute atomic E-state index is 0.108. The van der Waals surface area contributed by atoms with Crippen molar-refractivity contribution in [1.82, 2.24) is 9.97 Å². The smallest absolute Gasteiger partial charge is 0.323 e. The van der Waals surface area contributed by atoms with Crippen molar-refractivity contribution in [2.24, 2.45) is 0 Å². The normalized spacial score (nSPS) is 13.5. The number of benzene rings is 3. The van der Waals surface area contributed by atoms with E-state index in [0.29, 0.717) is 43.2 Å². The first-order chi connectivity index (χ1) is 17.9. The van der Waals surface area contributed by atoms with Gasteiger partial charge in [-0.3, -0.25) is 4.98 Å². The van der Waals surface area contributed by atoms with Gasteiger partial charge in [0.05, 0.1) is 35.5 Å². The van der Waals surface area contributed by atoms with Gasteiger partial charge in [0.15, 0.2) is 17.4 Å². The van der Waals surface area contributed by atoms with Gasteiger partial charge in [-0.25, -0.2) is 22.9 Å². The molecule has 0 unspecified atom stereocenters. The van der Waals surface area contributed by atoms with Crippen LogP contribution in [0.3, 0.4) is 0 Å². The van der Waals surface area contributed by atoms with E-state index in [-0.39, 0.29) is 22.1 Å². The topological polar surface area (TPSA) is 88.6 Å². The van der Waals surface area contributed by atoms with Crippen LogP contribution in [0, 0.1) is 17.5 Å². The number of nitrogens with one attached hydrogen (secondary N) is 2. The molecule has 0 atom stereocenters. The molecule has 12 heteroatoms. The Morgan fingerprint density at radius 1 is 0.919 bits per heavy atom. The highest BCUT2D eigenvalue weighted by atomic mass is 35.5. The summed E-state index contributed by atoms with van der Waals surface area (Å²) in [5.41, 5.74) is 1.03. The Labute approximate surface area is 214 Å². The minimum atomic E-state index is -1.04. The largest absolute Gasteiger partial charge is 0.451 e. The summed E-state index contributed by atoms with van der Waals surface area (Å²) < 4.78 is 53.9. The van der Waals surface area contributed by atoms with Crippen LogP contribution < -0.4 is 20.3 Å². The van der Waals surface area contributed by atoms with Crippen molar-refractivity contribution in [1.29, 1.82) is 0 Å². The fourth-order valence-corrected chi connectivity index (χ4v) is 3.82. The summed E-state index contributed by atoms with van der Waals surface area (Å²) in [4.78, 5) is 23.2. The maximum atomic E-state index is 14.7. The Hall–Kier alpha value is -4.09. The lowest BCUT2D eigenvalue weighted by Crippen LogP contribution is -2.36. The fraction of sp³-hybridized carbons (Fsp3) is 0.160. The summed E-state index contributed by atoms with van der Waals surface area (Å²) in [5, 5.41) is 4.53. The number of hydrogen-bond donors (Lipinski definition) is 2. The van der Waals surface area contributed by atoms with Crippen LogP contribution in [0.2, 0.25) is 5.02 Å². The van der Waals surface area contributed by atoms with Crippen molar-refractivity contribution < 1.29 is 27.4 Å². The Bertz CT molecular complexity index is 1460. The first kappa shape index (κ1) is 24.6. The van der Waals surface area contributed by atoms with Gasteiger partial charge >= 0.3 is 6.03 Å². The van der Waals surface area contributed by atoms with Crippen LogP contribution in [-0.4, -0.2) is 42.3 Å². The van der Waals surface area contributed by atoms with Gasteiger partial charge in [0.25, 0.3) is 0 Å². The third kappa shape index (κ3) is 5.68. The maximum Gasteiger partial charge on any atom is 0.323 e. The van der Waals surface area contributed by atoms with Crippen LogP contribution >= 0.6 is 11.6 Å². The second-order valence-electron chi connectivity index (χ2n) is 8.06. The monoisotopic (exact) mass is 529 g/mol. The number of hydrogen-bond acceptors (Lipinski definition) is 6. The number of nitrogens with zero attached hydrogens (tertiary/aromatic N) is 3. The summed E-state index contributed by atoms with van der Waals surface area (Å²) in [6, 6.07) is 9.31. The fourth-order valence-electron chi connectivity index (χ4n) is 3.70. The highest BCUT2D eigenvalue weighted by Gasteiger charge is 2.17. The summed E-state index contributed by atoms with van der Waals surface area (Å²) >= 11 is 5.61. The molecule has 0 bridgehead atoms. The molecule has 8 nitrogen and oxygen atoms in total. The Kier molecular flexibility index (Phi) is 6.97. The molecular weight excluding hydrogens is 511 g/mol. The summed E-state index contributed by atoms with van der Waals surface area (Å²) in [6.07, 6.45) is 1.67. The van der Waals surface area contributed by atoms with E-state index in [4.69, 9.17) is 21.1 Å². The molecule has 5 rings (SSSR count). The van der Waals surface area contributed by atoms with Crippen molar-refractivity contribution >= 4 is 45.9 Å². The van der Waals surface area contributed by atoms with E-state index in [0.717, 1.165) is 18.2 Å². The molecule has 1 aliphatic rings. The number of carbonyl (C=O) groups excluding carboxylic acids is 1. The van der Waals surface area contributed by atoms with Crippen molar-refractivity contribution in [3.05, 3.63) is 77.2 Å². The van der Waals surface area contributed by atoms with E-state index >= 15 is 0 Å². The van der Waals surface area contributed by atoms with Crippen LogP contribution in [0.4, 0.5) is 35.2 Å². The molecule has 1 aromatic heterocycles. The van der Waals surface area contributed by atoms with Gasteiger partial charge in [-0.15, -0.1) is 0 Å². The Morgan fingerprint density at radius 2 is 1.62 bits per heavy atom. The molecule has 3 aromatic carbocycles. The highest BCUT2D eigenvalue weighted by molar-refractivity contribution is 6.30. The van der Waals surface area contributed by atoms with Crippen LogP contribution in [0.5, 0.6) is 11.5 Å². The second-order valence-corrected chi connectivity index (χ2v) is 8.46. The first-order valence-electron chi connectivity index (χ1n) is 11.2. The van der Waals surface area contributed by atoms with Gasteiger partial charge in [0.2, 0.25) is 0 Å². The lowest BCUT2D eigenvalue weighted by molar-refractivity contribution is 0.122. The number of rotatable bonds is 5. The molecule has 2 amide bonds. The van der Waals surface area contributed by atoms with Crippen molar-refractivity contribution in [3.8, 4) is 11.5 Å². The van der Waals surface area contributed by atoms with Crippen LogP contribution in [0.25, 0.3) is 11.0 Å². The minimum Gasteiger partial charge on any atom is -0.451 e. The molecule has 37 heavy (non-hydrogen) atoms. The first-order valence-corrected chi connectivity index (χ1v) is 11.5. The number of morpholine rings is 1. The van der Waals surface area contributed by atoms with Crippen LogP contribution in [-0.2, 0) is 4.74 Å². The van der Waals surface area contributed by atoms with Crippen molar-refractivity contribution in [2.45, 2.75) is 0 Å². The third-order valence-corrected chi connectivity index (χ3v) is 5.80. The summed E-state index contributed by atoms with van der Waals surface area (Å²) in [6.45, 7) is 2.55. The van der Waals surface area contributed by atoms with Crippen LogP contribution in [0.1, 0.15) is 0 Å². The van der Waals surface area contributed by atoms with E-state index in [1.165, 1.54) is 24.3 Å². The van der Waals surface area contributed by atoms with E-state index in [1.807, 2.05) is 4.90 Å². The van der Waals surface area contributed by atoms with Gasteiger partial charge in [-0.1, -0.05) is 11.6 Å². The zero-order chi connectivity index (χ0) is 25.9. The third-order valence-electron chi connectivity index (χ3n) is 5.49. The van der Waals surface area contributed by atoms with E-state index in [1.54, 1.807) is 12.3 Å². The van der Waals surface area contributed by atoms with Gasteiger partial charge in [-0.2, -0.15) is 0 Å². The average Bonchev–Trinajstić information content (AvgIpc) is 2.88. The molecule has 0 radical (unpaired) electrons. The molecule has 0 saturated carbocycles. The van der Waals surface area contributed by atoms with Crippen molar-refractivity contribution in [2.75, 3.05) is 41.8 Å². The molecule has 190 valence electrons. The molecular formula is C25H19ClF3N5O3. The van der Waals surface area contributed by atoms with E-state index < -0.39 is 29.2 Å². The highest BCUT2D eigenvalue weighted by Crippen LogP contribution is 2.32. The van der Waals surface area contributed by atoms with E-state index in [2.05, 4.69) is 20.6 Å². The quantitative estimate of drug-likeness (QED) is 0.331. The van der Waals surface area contributed by atoms with E-state index in [9.17, 15) is 18.0 Å². The number of carbonyl (C=O) groups is 1. The predicted molar refractivity (Wildman–Crippen MR) is 133 cm³/mol. The molecule has 4 aromatic rings. The standard InChI is InChI=1S/C25H19ClF3N5O3/c26-17-3-1-14(9-18(17)27)31-25(35)32-15-10-19(28)24(20(29)11-15)37-16-2-4-21-22(12-16)33-23(13-30-21)34-5-7-36-8-6-34/h1-4,9-13H,5-8H2,(H2,31,32,35). The Balaban J connectivity index is 1.31. The second kappa shape index (κ2) is 10.5. The van der Waals surface area contributed by atoms with Gasteiger partial charge in [0, 0.05) is 42.7 Å². The number of aromatic nitrogens is 2.